The van der Waals surface area contributed by atoms with E-state index >= 15 is 0 Å². The molecule has 1 fully saturated rings. The molecule has 2 aromatic carbocycles. The molecular formula is C20H20N2O2S2. The third-order valence-electron chi connectivity index (χ3n) is 4.15. The first-order valence-corrected chi connectivity index (χ1v) is 9.33. The number of anilines is 2. The number of ether oxygens (including phenoxy) is 1. The number of aryl methyl sites for hydroxylation is 1. The van der Waals surface area contributed by atoms with Crippen molar-refractivity contribution in [3.8, 4) is 5.75 Å². The van der Waals surface area contributed by atoms with Crippen LogP contribution >= 0.6 is 24.0 Å². The predicted molar refractivity (Wildman–Crippen MR) is 114 cm³/mol. The average molecular weight is 385 g/mol. The molecule has 0 unspecified atom stereocenters. The fraction of sp³-hybridized carbons (Fsp3) is 0.200. The summed E-state index contributed by atoms with van der Waals surface area (Å²) in [5.74, 6) is 0.700. The van der Waals surface area contributed by atoms with Crippen molar-refractivity contribution in [2.24, 2.45) is 0 Å². The van der Waals surface area contributed by atoms with Crippen LogP contribution in [0.1, 0.15) is 11.1 Å². The molecule has 2 aromatic rings. The molecule has 1 aliphatic heterocycles. The van der Waals surface area contributed by atoms with Crippen molar-refractivity contribution in [3.05, 3.63) is 58.5 Å². The number of amides is 1. The summed E-state index contributed by atoms with van der Waals surface area (Å²) in [5, 5.41) is 0. The summed E-state index contributed by atoms with van der Waals surface area (Å²) in [6.45, 7) is 1.99. The third kappa shape index (κ3) is 3.61. The molecule has 0 radical (unpaired) electrons. The highest BCUT2D eigenvalue weighted by atomic mass is 32.2. The van der Waals surface area contributed by atoms with Crippen LogP contribution < -0.4 is 14.5 Å². The van der Waals surface area contributed by atoms with Gasteiger partial charge in [-0.3, -0.25) is 9.69 Å². The van der Waals surface area contributed by atoms with Crippen molar-refractivity contribution in [1.82, 2.24) is 0 Å². The summed E-state index contributed by atoms with van der Waals surface area (Å²) in [4.78, 5) is 17.1. The van der Waals surface area contributed by atoms with Gasteiger partial charge < -0.3 is 9.64 Å². The number of carbonyl (C=O) groups excluding carboxylic acids is 1. The Labute approximate surface area is 163 Å². The van der Waals surface area contributed by atoms with Gasteiger partial charge in [0.2, 0.25) is 0 Å². The normalized spacial score (nSPS) is 15.7. The molecule has 1 saturated heterocycles. The average Bonchev–Trinajstić information content (AvgIpc) is 2.90. The number of rotatable bonds is 4. The Morgan fingerprint density at radius 1 is 1.15 bits per heavy atom. The SMILES string of the molecule is COc1cc(C=C2SC(=S)N(c3ccc(N(C)C)cc3)C2=O)ccc1C. The highest BCUT2D eigenvalue weighted by Gasteiger charge is 2.33. The lowest BCUT2D eigenvalue weighted by Gasteiger charge is -2.17. The molecule has 0 saturated carbocycles. The predicted octanol–water partition coefficient (Wildman–Crippen LogP) is 4.48. The molecule has 0 N–H and O–H groups in total. The molecule has 0 aliphatic carbocycles. The Morgan fingerprint density at radius 2 is 1.85 bits per heavy atom. The van der Waals surface area contributed by atoms with Crippen LogP contribution in [0.3, 0.4) is 0 Å². The lowest BCUT2D eigenvalue weighted by atomic mass is 10.1. The highest BCUT2D eigenvalue weighted by molar-refractivity contribution is 8.27. The van der Waals surface area contributed by atoms with E-state index in [-0.39, 0.29) is 5.91 Å². The third-order valence-corrected chi connectivity index (χ3v) is 5.45. The molecular weight excluding hydrogens is 364 g/mol. The first-order valence-electron chi connectivity index (χ1n) is 8.10. The van der Waals surface area contributed by atoms with Gasteiger partial charge in [-0.25, -0.2) is 0 Å². The van der Waals surface area contributed by atoms with Gasteiger partial charge in [-0.05, 0) is 54.5 Å². The number of benzene rings is 2. The number of thioether (sulfide) groups is 1. The van der Waals surface area contributed by atoms with Crippen LogP contribution in [-0.2, 0) is 4.79 Å². The minimum atomic E-state index is -0.0999. The van der Waals surface area contributed by atoms with Crippen LogP contribution in [0.25, 0.3) is 6.08 Å². The first-order chi connectivity index (χ1) is 12.4. The van der Waals surface area contributed by atoms with Crippen LogP contribution in [0.15, 0.2) is 47.4 Å². The summed E-state index contributed by atoms with van der Waals surface area (Å²) in [7, 11) is 5.60. The van der Waals surface area contributed by atoms with Crippen molar-refractivity contribution in [2.75, 3.05) is 31.0 Å². The maximum atomic E-state index is 12.9. The fourth-order valence-electron chi connectivity index (χ4n) is 2.67. The zero-order valence-corrected chi connectivity index (χ0v) is 16.8. The van der Waals surface area contributed by atoms with Gasteiger partial charge in [-0.1, -0.05) is 36.1 Å². The molecule has 1 heterocycles. The zero-order chi connectivity index (χ0) is 18.8. The van der Waals surface area contributed by atoms with Crippen molar-refractivity contribution < 1.29 is 9.53 Å². The van der Waals surface area contributed by atoms with E-state index in [9.17, 15) is 4.79 Å². The minimum absolute atomic E-state index is 0.0999. The van der Waals surface area contributed by atoms with E-state index in [0.29, 0.717) is 9.23 Å². The quantitative estimate of drug-likeness (QED) is 0.573. The fourth-order valence-corrected chi connectivity index (χ4v) is 3.97. The van der Waals surface area contributed by atoms with Gasteiger partial charge >= 0.3 is 0 Å². The zero-order valence-electron chi connectivity index (χ0n) is 15.1. The summed E-state index contributed by atoms with van der Waals surface area (Å²) < 4.78 is 5.90. The molecule has 26 heavy (non-hydrogen) atoms. The number of hydrogen-bond acceptors (Lipinski definition) is 5. The Hall–Kier alpha value is -2.31. The second-order valence-corrected chi connectivity index (χ2v) is 7.83. The molecule has 0 atom stereocenters. The van der Waals surface area contributed by atoms with E-state index < -0.39 is 0 Å². The number of hydrogen-bond donors (Lipinski definition) is 0. The minimum Gasteiger partial charge on any atom is -0.496 e. The number of thiocarbonyl (C=S) groups is 1. The van der Waals surface area contributed by atoms with Gasteiger partial charge in [0, 0.05) is 19.8 Å². The standard InChI is InChI=1S/C20H20N2O2S2/c1-13-5-6-14(11-17(13)24-4)12-18-19(23)22(20(25)26-18)16-9-7-15(8-10-16)21(2)3/h5-12H,1-4H3. The van der Waals surface area contributed by atoms with Gasteiger partial charge in [-0.2, -0.15) is 0 Å². The first kappa shape index (κ1) is 18.5. The van der Waals surface area contributed by atoms with Gasteiger partial charge in [0.25, 0.3) is 5.91 Å². The van der Waals surface area contributed by atoms with E-state index in [1.807, 2.05) is 74.5 Å². The number of methoxy groups -OCH3 is 1. The van der Waals surface area contributed by atoms with Gasteiger partial charge in [0.05, 0.1) is 17.7 Å². The monoisotopic (exact) mass is 384 g/mol. The molecule has 0 aromatic heterocycles. The Kier molecular flexibility index (Phi) is 5.34. The van der Waals surface area contributed by atoms with Gasteiger partial charge in [0.15, 0.2) is 4.32 Å². The molecule has 4 nitrogen and oxygen atoms in total. The summed E-state index contributed by atoms with van der Waals surface area (Å²) in [6.07, 6.45) is 1.86. The molecule has 1 aliphatic rings. The van der Waals surface area contributed by atoms with Crippen molar-refractivity contribution in [2.45, 2.75) is 6.92 Å². The van der Waals surface area contributed by atoms with Crippen LogP contribution in [-0.4, -0.2) is 31.4 Å². The molecule has 0 spiro atoms. The Balaban J connectivity index is 1.89. The highest BCUT2D eigenvalue weighted by Crippen LogP contribution is 2.36. The van der Waals surface area contributed by atoms with Crippen LogP contribution in [0.5, 0.6) is 5.75 Å². The van der Waals surface area contributed by atoms with Gasteiger partial charge in [-0.15, -0.1) is 0 Å². The Morgan fingerprint density at radius 3 is 2.46 bits per heavy atom. The Bertz CT molecular complexity index is 889. The second kappa shape index (κ2) is 7.51. The van der Waals surface area contributed by atoms with Crippen LogP contribution in [0.4, 0.5) is 11.4 Å². The lowest BCUT2D eigenvalue weighted by molar-refractivity contribution is -0.113. The second-order valence-electron chi connectivity index (χ2n) is 6.16. The molecule has 134 valence electrons. The molecule has 3 rings (SSSR count). The van der Waals surface area contributed by atoms with E-state index in [1.54, 1.807) is 12.0 Å². The molecule has 6 heteroatoms. The van der Waals surface area contributed by atoms with E-state index in [1.165, 1.54) is 11.8 Å². The van der Waals surface area contributed by atoms with Crippen molar-refractivity contribution >= 4 is 51.7 Å². The van der Waals surface area contributed by atoms with E-state index in [4.69, 9.17) is 17.0 Å². The summed E-state index contributed by atoms with van der Waals surface area (Å²) in [5.41, 5.74) is 3.82. The number of carbonyl (C=O) groups is 1. The van der Waals surface area contributed by atoms with E-state index in [0.717, 1.165) is 28.3 Å². The largest absolute Gasteiger partial charge is 0.496 e. The number of nitrogens with zero attached hydrogens (tertiary/aromatic N) is 2. The van der Waals surface area contributed by atoms with Crippen molar-refractivity contribution in [1.29, 1.82) is 0 Å². The maximum Gasteiger partial charge on any atom is 0.270 e. The van der Waals surface area contributed by atoms with Crippen LogP contribution in [0.2, 0.25) is 0 Å². The maximum absolute atomic E-state index is 12.9. The lowest BCUT2D eigenvalue weighted by Crippen LogP contribution is -2.27. The molecule has 1 amide bonds. The van der Waals surface area contributed by atoms with Crippen LogP contribution in [0, 0.1) is 6.92 Å². The summed E-state index contributed by atoms with van der Waals surface area (Å²) >= 11 is 6.76. The topological polar surface area (TPSA) is 32.8 Å². The van der Waals surface area contributed by atoms with E-state index in [2.05, 4.69) is 0 Å². The molecule has 0 bridgehead atoms. The summed E-state index contributed by atoms with van der Waals surface area (Å²) in [6, 6.07) is 13.6. The smallest absolute Gasteiger partial charge is 0.270 e. The van der Waals surface area contributed by atoms with Gasteiger partial charge in [0.1, 0.15) is 5.75 Å². The van der Waals surface area contributed by atoms with Crippen molar-refractivity contribution in [3.63, 3.8) is 0 Å².